The van der Waals surface area contributed by atoms with Gasteiger partial charge in [0.15, 0.2) is 0 Å². The summed E-state index contributed by atoms with van der Waals surface area (Å²) in [4.78, 5) is 12.2. The monoisotopic (exact) mass is 342 g/mol. The van der Waals surface area contributed by atoms with Gasteiger partial charge in [0.05, 0.1) is 12.2 Å². The summed E-state index contributed by atoms with van der Waals surface area (Å²) in [5, 5.41) is 6.93. The van der Waals surface area contributed by atoms with Gasteiger partial charge in [0, 0.05) is 35.3 Å². The van der Waals surface area contributed by atoms with E-state index in [-0.39, 0.29) is 11.5 Å². The zero-order valence-corrected chi connectivity index (χ0v) is 14.0. The molecule has 4 nitrogen and oxygen atoms in total. The highest BCUT2D eigenvalue weighted by atomic mass is 35.5. The molecule has 0 aromatic heterocycles. The Kier molecular flexibility index (Phi) is 4.04. The van der Waals surface area contributed by atoms with Crippen LogP contribution in [-0.4, -0.2) is 30.7 Å². The number of hydrogen-bond donors (Lipinski definition) is 2. The molecule has 1 amide bonds. The number of carbonyl (C=O) groups is 1. The van der Waals surface area contributed by atoms with Gasteiger partial charge < -0.3 is 15.4 Å². The van der Waals surface area contributed by atoms with Crippen LogP contribution in [0.5, 0.6) is 0 Å². The Balaban J connectivity index is 1.41. The highest BCUT2D eigenvalue weighted by Crippen LogP contribution is 2.34. The van der Waals surface area contributed by atoms with E-state index < -0.39 is 0 Å². The summed E-state index contributed by atoms with van der Waals surface area (Å²) < 4.78 is 5.96. The Morgan fingerprint density at radius 2 is 2.12 bits per heavy atom. The number of carbonyl (C=O) groups excluding carboxylic acids is 1. The number of ether oxygens (including phenoxy) is 1. The molecule has 2 fully saturated rings. The van der Waals surface area contributed by atoms with E-state index in [0.29, 0.717) is 16.6 Å². The van der Waals surface area contributed by atoms with E-state index in [9.17, 15) is 4.79 Å². The van der Waals surface area contributed by atoms with Crippen molar-refractivity contribution in [3.8, 4) is 0 Å². The Morgan fingerprint density at radius 1 is 1.29 bits per heavy atom. The molecule has 24 heavy (non-hydrogen) atoms. The molecule has 2 aromatic carbocycles. The summed E-state index contributed by atoms with van der Waals surface area (Å²) in [6.07, 6.45) is 1.99. The van der Waals surface area contributed by atoms with Gasteiger partial charge in [0.2, 0.25) is 0 Å². The molecule has 0 unspecified atom stereocenters. The first-order valence-electron chi connectivity index (χ1n) is 8.15. The minimum Gasteiger partial charge on any atom is -0.372 e. The Labute approximate surface area is 146 Å². The molecule has 2 aliphatic heterocycles. The van der Waals surface area contributed by atoms with Gasteiger partial charge in [-0.3, -0.25) is 4.79 Å². The minimum atomic E-state index is -0.161. The average Bonchev–Trinajstić information content (AvgIpc) is 3.17. The molecule has 0 saturated carbocycles. The molecule has 2 aromatic rings. The van der Waals surface area contributed by atoms with Gasteiger partial charge in [-0.2, -0.15) is 0 Å². The van der Waals surface area contributed by atoms with Crippen molar-refractivity contribution in [2.45, 2.75) is 24.5 Å². The quantitative estimate of drug-likeness (QED) is 0.896. The smallest absolute Gasteiger partial charge is 0.255 e. The van der Waals surface area contributed by atoms with Crippen LogP contribution in [0.25, 0.3) is 0 Å². The molecule has 2 bridgehead atoms. The molecular formula is C19H19ClN2O2. The van der Waals surface area contributed by atoms with E-state index in [0.717, 1.165) is 31.7 Å². The van der Waals surface area contributed by atoms with Gasteiger partial charge in [-0.25, -0.2) is 0 Å². The summed E-state index contributed by atoms with van der Waals surface area (Å²) in [7, 11) is 0. The number of amides is 1. The largest absolute Gasteiger partial charge is 0.372 e. The Bertz CT molecular complexity index is 752. The number of fused-ring (bicyclic) bond motifs is 2. The highest BCUT2D eigenvalue weighted by Gasteiger charge is 2.45. The van der Waals surface area contributed by atoms with Crippen molar-refractivity contribution in [3.05, 3.63) is 64.7 Å². The van der Waals surface area contributed by atoms with E-state index in [4.69, 9.17) is 16.3 Å². The minimum absolute atomic E-state index is 0.0454. The van der Waals surface area contributed by atoms with Crippen molar-refractivity contribution < 1.29 is 9.53 Å². The molecule has 0 radical (unpaired) electrons. The first-order chi connectivity index (χ1) is 11.6. The molecule has 124 valence electrons. The second-order valence-corrected chi connectivity index (χ2v) is 7.05. The van der Waals surface area contributed by atoms with Gasteiger partial charge in [-0.15, -0.1) is 0 Å². The lowest BCUT2D eigenvalue weighted by Crippen LogP contribution is -2.40. The number of halogens is 1. The van der Waals surface area contributed by atoms with Crippen molar-refractivity contribution in [1.29, 1.82) is 0 Å². The number of morpholine rings is 1. The van der Waals surface area contributed by atoms with Crippen molar-refractivity contribution in [2.75, 3.05) is 18.5 Å². The fraction of sp³-hybridized carbons (Fsp3) is 0.316. The number of anilines is 1. The number of benzene rings is 2. The van der Waals surface area contributed by atoms with Gasteiger partial charge in [-0.05, 0) is 42.3 Å². The molecule has 2 saturated heterocycles. The fourth-order valence-corrected chi connectivity index (χ4v) is 3.72. The van der Waals surface area contributed by atoms with Gasteiger partial charge in [0.1, 0.15) is 0 Å². The van der Waals surface area contributed by atoms with Gasteiger partial charge in [0.25, 0.3) is 5.91 Å². The predicted octanol–water partition coefficient (Wildman–Crippen LogP) is 3.27. The van der Waals surface area contributed by atoms with E-state index in [1.807, 2.05) is 12.1 Å². The maximum absolute atomic E-state index is 12.2. The Hall–Kier alpha value is -1.88. The lowest BCUT2D eigenvalue weighted by atomic mass is 9.93. The van der Waals surface area contributed by atoms with E-state index in [2.05, 4.69) is 22.8 Å². The zero-order valence-electron chi connectivity index (χ0n) is 13.2. The number of hydrogen-bond acceptors (Lipinski definition) is 3. The van der Waals surface area contributed by atoms with Crippen molar-refractivity contribution in [3.63, 3.8) is 0 Å². The summed E-state index contributed by atoms with van der Waals surface area (Å²) in [5.74, 6) is -0.161. The van der Waals surface area contributed by atoms with E-state index in [1.165, 1.54) is 5.56 Å². The van der Waals surface area contributed by atoms with Crippen molar-refractivity contribution >= 4 is 23.2 Å². The second-order valence-electron chi connectivity index (χ2n) is 6.61. The van der Waals surface area contributed by atoms with Gasteiger partial charge >= 0.3 is 0 Å². The van der Waals surface area contributed by atoms with Crippen LogP contribution in [0.2, 0.25) is 5.02 Å². The van der Waals surface area contributed by atoms with Crippen LogP contribution in [0.15, 0.2) is 48.5 Å². The molecule has 2 heterocycles. The molecule has 2 atom stereocenters. The SMILES string of the molecule is O=C(Nc1ccc(C[C@@]23CN[C@@H](CO2)C3)cc1)c1cccc(Cl)c1. The highest BCUT2D eigenvalue weighted by molar-refractivity contribution is 6.31. The van der Waals surface area contributed by atoms with Crippen LogP contribution in [-0.2, 0) is 11.2 Å². The third kappa shape index (κ3) is 3.18. The van der Waals surface area contributed by atoms with Gasteiger partial charge in [-0.1, -0.05) is 29.8 Å². The maximum Gasteiger partial charge on any atom is 0.255 e. The molecule has 2 N–H and O–H groups in total. The van der Waals surface area contributed by atoms with Crippen LogP contribution in [0.4, 0.5) is 5.69 Å². The summed E-state index contributed by atoms with van der Waals surface area (Å²) in [6.45, 7) is 1.73. The first kappa shape index (κ1) is 15.6. The van der Waals surface area contributed by atoms with Crippen LogP contribution in [0.3, 0.4) is 0 Å². The molecule has 2 aliphatic rings. The maximum atomic E-state index is 12.2. The fourth-order valence-electron chi connectivity index (χ4n) is 3.53. The normalized spacial score (nSPS) is 25.0. The topological polar surface area (TPSA) is 50.4 Å². The summed E-state index contributed by atoms with van der Waals surface area (Å²) >= 11 is 5.93. The summed E-state index contributed by atoms with van der Waals surface area (Å²) in [5.41, 5.74) is 2.50. The van der Waals surface area contributed by atoms with Crippen LogP contribution in [0, 0.1) is 0 Å². The van der Waals surface area contributed by atoms with Crippen molar-refractivity contribution in [1.82, 2.24) is 5.32 Å². The predicted molar refractivity (Wildman–Crippen MR) is 94.6 cm³/mol. The van der Waals surface area contributed by atoms with E-state index in [1.54, 1.807) is 24.3 Å². The molecule has 0 aliphatic carbocycles. The van der Waals surface area contributed by atoms with Crippen molar-refractivity contribution in [2.24, 2.45) is 0 Å². The molecular weight excluding hydrogens is 324 g/mol. The standard InChI is InChI=1S/C19H19ClN2O2/c20-15-3-1-2-14(8-15)18(23)22-16-6-4-13(5-7-16)9-19-10-17(11-24-19)21-12-19/h1-8,17,21H,9-12H2,(H,22,23)/t17-,19-/m1/s1. The van der Waals surface area contributed by atoms with E-state index >= 15 is 0 Å². The zero-order chi connectivity index (χ0) is 16.6. The average molecular weight is 343 g/mol. The second kappa shape index (κ2) is 6.20. The lowest BCUT2D eigenvalue weighted by molar-refractivity contribution is -0.00521. The Morgan fingerprint density at radius 3 is 2.75 bits per heavy atom. The van der Waals surface area contributed by atoms with Crippen LogP contribution >= 0.6 is 11.6 Å². The number of rotatable bonds is 4. The molecule has 0 spiro atoms. The summed E-state index contributed by atoms with van der Waals surface area (Å²) in [6, 6.07) is 15.4. The third-order valence-electron chi connectivity index (χ3n) is 4.75. The first-order valence-corrected chi connectivity index (χ1v) is 8.53. The molecule has 4 rings (SSSR count). The van der Waals surface area contributed by atoms with Crippen LogP contribution in [0.1, 0.15) is 22.3 Å². The number of nitrogens with one attached hydrogen (secondary N) is 2. The van der Waals surface area contributed by atoms with Crippen LogP contribution < -0.4 is 10.6 Å². The lowest BCUT2D eigenvalue weighted by Gasteiger charge is -2.26. The third-order valence-corrected chi connectivity index (χ3v) is 4.98. The molecule has 5 heteroatoms.